The molecule has 0 radical (unpaired) electrons. The maximum Gasteiger partial charge on any atom is 0.230 e. The van der Waals surface area contributed by atoms with Gasteiger partial charge in [0.05, 0.1) is 5.75 Å². The first-order valence-corrected chi connectivity index (χ1v) is 8.77. The Morgan fingerprint density at radius 1 is 1.05 bits per heavy atom. The minimum absolute atomic E-state index is 0.116. The van der Waals surface area contributed by atoms with Gasteiger partial charge in [-0.25, -0.2) is 0 Å². The minimum atomic E-state index is 0.116. The van der Waals surface area contributed by atoms with Gasteiger partial charge in [-0.1, -0.05) is 25.0 Å². The quantitative estimate of drug-likeness (QED) is 0.647. The van der Waals surface area contributed by atoms with Crippen LogP contribution in [0, 0.1) is 5.92 Å². The van der Waals surface area contributed by atoms with E-state index >= 15 is 0 Å². The molecule has 0 saturated heterocycles. The van der Waals surface area contributed by atoms with Crippen molar-refractivity contribution in [2.24, 2.45) is 5.92 Å². The van der Waals surface area contributed by atoms with E-state index in [0.29, 0.717) is 11.8 Å². The van der Waals surface area contributed by atoms with Crippen LogP contribution in [0.5, 0.6) is 0 Å². The molecule has 0 spiro atoms. The molecule has 2 fully saturated rings. The lowest BCUT2D eigenvalue weighted by molar-refractivity contribution is -0.119. The smallest absolute Gasteiger partial charge is 0.230 e. The molecule has 4 heteroatoms. The number of ketones is 1. The topological polar surface area (TPSA) is 46.2 Å². The van der Waals surface area contributed by atoms with Gasteiger partial charge in [0.2, 0.25) is 5.91 Å². The van der Waals surface area contributed by atoms with Crippen molar-refractivity contribution in [1.82, 2.24) is 5.32 Å². The van der Waals surface area contributed by atoms with Crippen molar-refractivity contribution in [2.45, 2.75) is 49.5 Å². The van der Waals surface area contributed by atoms with Crippen molar-refractivity contribution in [3.05, 3.63) is 29.8 Å². The van der Waals surface area contributed by atoms with E-state index in [1.165, 1.54) is 24.6 Å². The van der Waals surface area contributed by atoms with E-state index in [9.17, 15) is 9.59 Å². The van der Waals surface area contributed by atoms with Crippen LogP contribution in [0.2, 0.25) is 0 Å². The normalized spacial score (nSPS) is 18.7. The number of hydrogen-bond donors (Lipinski definition) is 1. The van der Waals surface area contributed by atoms with Gasteiger partial charge in [-0.15, -0.1) is 11.8 Å². The number of hydrogen-bond acceptors (Lipinski definition) is 3. The van der Waals surface area contributed by atoms with Gasteiger partial charge < -0.3 is 5.32 Å². The summed E-state index contributed by atoms with van der Waals surface area (Å²) < 4.78 is 0. The van der Waals surface area contributed by atoms with E-state index in [4.69, 9.17) is 0 Å². The fraction of sp³-hybridized carbons (Fsp3) is 0.529. The van der Waals surface area contributed by atoms with Crippen LogP contribution in [0.4, 0.5) is 0 Å². The van der Waals surface area contributed by atoms with Crippen molar-refractivity contribution in [3.8, 4) is 0 Å². The summed E-state index contributed by atoms with van der Waals surface area (Å²) in [6.45, 7) is 0. The lowest BCUT2D eigenvalue weighted by Crippen LogP contribution is -2.33. The van der Waals surface area contributed by atoms with Gasteiger partial charge in [0.25, 0.3) is 0 Å². The Labute approximate surface area is 129 Å². The zero-order chi connectivity index (χ0) is 14.7. The first kappa shape index (κ1) is 14.6. The molecule has 0 unspecified atom stereocenters. The molecule has 112 valence electrons. The highest BCUT2D eigenvalue weighted by Crippen LogP contribution is 2.33. The average Bonchev–Trinajstić information content (AvgIpc) is 3.23. The largest absolute Gasteiger partial charge is 0.353 e. The molecule has 1 aromatic rings. The average molecular weight is 303 g/mol. The number of carbonyl (C=O) groups excluding carboxylic acids is 2. The standard InChI is InChI=1S/C17H21NO2S/c19-16(18-14-3-1-2-4-14)11-21-15-9-7-13(8-10-15)17(20)12-5-6-12/h7-10,12,14H,1-6,11H2,(H,18,19). The number of Topliss-reactive ketones (excluding diaryl/α,β-unsaturated/α-hetero) is 1. The molecule has 0 aromatic heterocycles. The molecular formula is C17H21NO2S. The van der Waals surface area contributed by atoms with E-state index in [2.05, 4.69) is 5.32 Å². The predicted octanol–water partition coefficient (Wildman–Crippen LogP) is 3.43. The lowest BCUT2D eigenvalue weighted by Gasteiger charge is -2.11. The molecule has 0 bridgehead atoms. The Kier molecular flexibility index (Phi) is 4.63. The Morgan fingerprint density at radius 3 is 2.33 bits per heavy atom. The van der Waals surface area contributed by atoms with Crippen molar-refractivity contribution >= 4 is 23.5 Å². The maximum atomic E-state index is 11.9. The van der Waals surface area contributed by atoms with Crippen LogP contribution in [0.15, 0.2) is 29.2 Å². The van der Waals surface area contributed by atoms with Gasteiger partial charge in [-0.2, -0.15) is 0 Å². The molecule has 0 atom stereocenters. The fourth-order valence-electron chi connectivity index (χ4n) is 2.79. The Morgan fingerprint density at radius 2 is 1.71 bits per heavy atom. The van der Waals surface area contributed by atoms with Gasteiger partial charge in [-0.05, 0) is 37.8 Å². The molecule has 2 aliphatic carbocycles. The monoisotopic (exact) mass is 303 g/mol. The molecule has 1 amide bonds. The number of amides is 1. The maximum absolute atomic E-state index is 11.9. The highest BCUT2D eigenvalue weighted by molar-refractivity contribution is 8.00. The Bertz CT molecular complexity index is 516. The van der Waals surface area contributed by atoms with Crippen LogP contribution in [-0.2, 0) is 4.79 Å². The zero-order valence-electron chi connectivity index (χ0n) is 12.1. The van der Waals surface area contributed by atoms with Crippen LogP contribution in [-0.4, -0.2) is 23.5 Å². The van der Waals surface area contributed by atoms with E-state index < -0.39 is 0 Å². The Balaban J connectivity index is 1.46. The van der Waals surface area contributed by atoms with Gasteiger partial charge in [0.15, 0.2) is 5.78 Å². The lowest BCUT2D eigenvalue weighted by atomic mass is 10.1. The number of benzene rings is 1. The second-order valence-electron chi connectivity index (χ2n) is 6.00. The van der Waals surface area contributed by atoms with Crippen LogP contribution < -0.4 is 5.32 Å². The fourth-order valence-corrected chi connectivity index (χ4v) is 3.49. The van der Waals surface area contributed by atoms with Crippen LogP contribution in [0.3, 0.4) is 0 Å². The van der Waals surface area contributed by atoms with Crippen molar-refractivity contribution in [3.63, 3.8) is 0 Å². The second kappa shape index (κ2) is 6.65. The summed E-state index contributed by atoms with van der Waals surface area (Å²) >= 11 is 1.53. The minimum Gasteiger partial charge on any atom is -0.353 e. The SMILES string of the molecule is O=C(CSc1ccc(C(=O)C2CC2)cc1)NC1CCCC1. The number of nitrogens with one attached hydrogen (secondary N) is 1. The number of carbonyl (C=O) groups is 2. The Hall–Kier alpha value is -1.29. The summed E-state index contributed by atoms with van der Waals surface area (Å²) in [7, 11) is 0. The van der Waals surface area contributed by atoms with Crippen molar-refractivity contribution in [1.29, 1.82) is 0 Å². The third-order valence-electron chi connectivity index (χ3n) is 4.18. The molecule has 0 aliphatic heterocycles. The molecule has 3 rings (SSSR count). The molecule has 1 N–H and O–H groups in total. The second-order valence-corrected chi connectivity index (χ2v) is 7.05. The van der Waals surface area contributed by atoms with Crippen LogP contribution in [0.1, 0.15) is 48.9 Å². The van der Waals surface area contributed by atoms with E-state index in [1.54, 1.807) is 0 Å². The first-order chi connectivity index (χ1) is 10.2. The number of thioether (sulfide) groups is 1. The number of rotatable bonds is 6. The van der Waals surface area contributed by atoms with Gasteiger partial charge in [-0.3, -0.25) is 9.59 Å². The van der Waals surface area contributed by atoms with Crippen molar-refractivity contribution in [2.75, 3.05) is 5.75 Å². The molecular weight excluding hydrogens is 282 g/mol. The molecule has 1 aromatic carbocycles. The third-order valence-corrected chi connectivity index (χ3v) is 5.19. The summed E-state index contributed by atoms with van der Waals surface area (Å²) in [5.74, 6) is 1.10. The summed E-state index contributed by atoms with van der Waals surface area (Å²) in [5, 5.41) is 3.09. The highest BCUT2D eigenvalue weighted by atomic mass is 32.2. The summed E-state index contributed by atoms with van der Waals surface area (Å²) in [6, 6.07) is 8.05. The molecule has 2 aliphatic rings. The van der Waals surface area contributed by atoms with Gasteiger partial charge in [0, 0.05) is 22.4 Å². The van der Waals surface area contributed by atoms with Gasteiger partial charge in [0.1, 0.15) is 0 Å². The summed E-state index contributed by atoms with van der Waals surface area (Å²) in [6.07, 6.45) is 6.78. The predicted molar refractivity (Wildman–Crippen MR) is 84.6 cm³/mol. The van der Waals surface area contributed by atoms with Gasteiger partial charge >= 0.3 is 0 Å². The first-order valence-electron chi connectivity index (χ1n) is 7.79. The third kappa shape index (κ3) is 4.10. The molecule has 2 saturated carbocycles. The van der Waals surface area contributed by atoms with E-state index in [-0.39, 0.29) is 17.6 Å². The van der Waals surface area contributed by atoms with Crippen LogP contribution >= 0.6 is 11.8 Å². The summed E-state index contributed by atoms with van der Waals surface area (Å²) in [4.78, 5) is 24.8. The molecule has 21 heavy (non-hydrogen) atoms. The van der Waals surface area contributed by atoms with E-state index in [1.807, 2.05) is 24.3 Å². The highest BCUT2D eigenvalue weighted by Gasteiger charge is 2.30. The van der Waals surface area contributed by atoms with Crippen LogP contribution in [0.25, 0.3) is 0 Å². The zero-order valence-corrected chi connectivity index (χ0v) is 13.0. The summed E-state index contributed by atoms with van der Waals surface area (Å²) in [5.41, 5.74) is 0.803. The molecule has 0 heterocycles. The van der Waals surface area contributed by atoms with Crippen molar-refractivity contribution < 1.29 is 9.59 Å². The molecule has 3 nitrogen and oxygen atoms in total. The van der Waals surface area contributed by atoms with E-state index in [0.717, 1.165) is 36.1 Å².